The summed E-state index contributed by atoms with van der Waals surface area (Å²) in [4.78, 5) is 31.0. The molecule has 1 saturated heterocycles. The Bertz CT molecular complexity index is 1530. The van der Waals surface area contributed by atoms with Crippen LogP contribution in [0.15, 0.2) is 24.5 Å². The van der Waals surface area contributed by atoms with E-state index in [0.717, 1.165) is 23.0 Å². The van der Waals surface area contributed by atoms with E-state index in [-0.39, 0.29) is 54.7 Å². The summed E-state index contributed by atoms with van der Waals surface area (Å²) in [5, 5.41) is 6.31. The summed E-state index contributed by atoms with van der Waals surface area (Å²) >= 11 is 0. The van der Waals surface area contributed by atoms with Gasteiger partial charge in [-0.2, -0.15) is 18.3 Å². The van der Waals surface area contributed by atoms with E-state index in [4.69, 9.17) is 5.73 Å². The molecule has 42 heavy (non-hydrogen) atoms. The third-order valence-electron chi connectivity index (χ3n) is 7.92. The number of benzene rings is 1. The molecule has 2 amide bonds. The van der Waals surface area contributed by atoms with Gasteiger partial charge in [0.05, 0.1) is 23.8 Å². The Hall–Kier alpha value is -3.91. The summed E-state index contributed by atoms with van der Waals surface area (Å²) in [6, 6.07) is 1.71. The van der Waals surface area contributed by atoms with Crippen LogP contribution < -0.4 is 11.1 Å². The summed E-state index contributed by atoms with van der Waals surface area (Å²) < 4.78 is 99.4. The Labute approximate surface area is 235 Å². The molecule has 0 radical (unpaired) electrons. The number of carbonyl (C=O) groups excluding carboxylic acids is 2. The average molecular weight is 601 g/mol. The van der Waals surface area contributed by atoms with Gasteiger partial charge in [-0.15, -0.1) is 0 Å². The number of fused-ring (bicyclic) bond motifs is 1. The zero-order valence-corrected chi connectivity index (χ0v) is 22.3. The number of hydrogen-bond donors (Lipinski definition) is 2. The van der Waals surface area contributed by atoms with E-state index in [1.807, 2.05) is 0 Å². The average Bonchev–Trinajstić information content (AvgIpc) is 3.49. The highest BCUT2D eigenvalue weighted by molar-refractivity contribution is 5.97. The van der Waals surface area contributed by atoms with Crippen LogP contribution in [0.1, 0.15) is 54.1 Å². The zero-order chi connectivity index (χ0) is 30.6. The van der Waals surface area contributed by atoms with Crippen LogP contribution in [-0.2, 0) is 17.4 Å². The van der Waals surface area contributed by atoms with E-state index in [1.54, 1.807) is 6.92 Å². The van der Waals surface area contributed by atoms with Crippen molar-refractivity contribution in [3.05, 3.63) is 47.0 Å². The van der Waals surface area contributed by atoms with E-state index >= 15 is 4.39 Å². The predicted molar refractivity (Wildman–Crippen MR) is 137 cm³/mol. The first-order valence-electron chi connectivity index (χ1n) is 13.3. The second-order valence-electron chi connectivity index (χ2n) is 10.7. The number of hydrogen-bond acceptors (Lipinski definition) is 5. The van der Waals surface area contributed by atoms with Gasteiger partial charge in [-0.25, -0.2) is 27.1 Å². The third kappa shape index (κ3) is 5.48. The number of nitrogens with two attached hydrogens (primary N) is 1. The summed E-state index contributed by atoms with van der Waals surface area (Å²) in [6.07, 6.45) is -6.46. The van der Waals surface area contributed by atoms with Gasteiger partial charge >= 0.3 is 6.18 Å². The molecule has 0 bridgehead atoms. The molecular weight excluding hydrogens is 573 g/mol. The maximum atomic E-state index is 15.2. The van der Waals surface area contributed by atoms with Crippen molar-refractivity contribution in [1.82, 2.24) is 24.8 Å². The fourth-order valence-electron chi connectivity index (χ4n) is 5.71. The normalized spacial score (nSPS) is 21.2. The lowest BCUT2D eigenvalue weighted by Gasteiger charge is -2.30. The van der Waals surface area contributed by atoms with Gasteiger partial charge < -0.3 is 16.0 Å². The first-order valence-corrected chi connectivity index (χ1v) is 13.3. The molecule has 1 aromatic carbocycles. The van der Waals surface area contributed by atoms with E-state index in [9.17, 15) is 35.9 Å². The third-order valence-corrected chi connectivity index (χ3v) is 7.92. The number of amides is 2. The number of aromatic nitrogens is 3. The number of rotatable bonds is 5. The minimum absolute atomic E-state index is 0.0245. The Kier molecular flexibility index (Phi) is 7.56. The molecule has 3 aromatic rings. The summed E-state index contributed by atoms with van der Waals surface area (Å²) in [6.45, 7) is 1.01. The SMILES string of the molecule is CCc1c(F)cc(-c2cc(C(F)(F)F)c3c(N)ncnn23)cc1C(=O)N[C@@H]1CN(C(=O)C2CCC(F)(F)CC2)C[C@@H]1F. The molecule has 226 valence electrons. The summed E-state index contributed by atoms with van der Waals surface area (Å²) in [7, 11) is 0. The van der Waals surface area contributed by atoms with Gasteiger partial charge in [0.25, 0.3) is 5.91 Å². The molecule has 2 aromatic heterocycles. The fourth-order valence-corrected chi connectivity index (χ4v) is 5.71. The number of carbonyl (C=O) groups is 2. The number of anilines is 1. The first-order chi connectivity index (χ1) is 19.7. The predicted octanol–water partition coefficient (Wildman–Crippen LogP) is 4.80. The lowest BCUT2D eigenvalue weighted by atomic mass is 9.86. The van der Waals surface area contributed by atoms with Gasteiger partial charge in [0.1, 0.15) is 23.8 Å². The van der Waals surface area contributed by atoms with Crippen LogP contribution in [0.2, 0.25) is 0 Å². The van der Waals surface area contributed by atoms with Gasteiger partial charge in [-0.1, -0.05) is 6.92 Å². The van der Waals surface area contributed by atoms with Crippen LogP contribution >= 0.6 is 0 Å². The smallest absolute Gasteiger partial charge is 0.382 e. The molecule has 3 N–H and O–H groups in total. The van der Waals surface area contributed by atoms with E-state index in [0.29, 0.717) is 0 Å². The van der Waals surface area contributed by atoms with Crippen molar-refractivity contribution in [2.45, 2.75) is 63.3 Å². The van der Waals surface area contributed by atoms with Crippen molar-refractivity contribution < 1.29 is 40.3 Å². The summed E-state index contributed by atoms with van der Waals surface area (Å²) in [5.74, 6) is -6.18. The maximum Gasteiger partial charge on any atom is 0.418 e. The van der Waals surface area contributed by atoms with Crippen molar-refractivity contribution >= 4 is 23.1 Å². The Morgan fingerprint density at radius 3 is 2.48 bits per heavy atom. The molecule has 15 heteroatoms. The molecule has 1 aliphatic heterocycles. The molecule has 0 spiro atoms. The molecular formula is C27H27F7N6O2. The van der Waals surface area contributed by atoms with Crippen molar-refractivity contribution in [3.63, 3.8) is 0 Å². The molecule has 2 fully saturated rings. The maximum absolute atomic E-state index is 15.2. The van der Waals surface area contributed by atoms with Crippen LogP contribution in [0.25, 0.3) is 16.8 Å². The first kappa shape index (κ1) is 29.6. The zero-order valence-electron chi connectivity index (χ0n) is 22.3. The fraction of sp³-hybridized carbons (Fsp3) is 0.481. The standard InChI is InChI=1S/C27H27F7N6O2/c1-2-15-16(24(41)38-20-11-39(10-19(20)29)25(42)13-3-5-26(30,31)6-4-13)7-14(8-18(15)28)21-9-17(27(32,33)34)22-23(35)36-12-37-40(21)22/h7-9,12-13,19-20H,2-6,10-11H2,1H3,(H,38,41)(H2,35,36,37)/t19-,20+/m0/s1. The molecule has 2 atom stereocenters. The number of nitrogens with one attached hydrogen (secondary N) is 1. The van der Waals surface area contributed by atoms with E-state index < -0.39 is 77.6 Å². The largest absolute Gasteiger partial charge is 0.418 e. The molecule has 1 aliphatic carbocycles. The van der Waals surface area contributed by atoms with Gasteiger partial charge in [0, 0.05) is 42.0 Å². The van der Waals surface area contributed by atoms with Crippen LogP contribution in [-0.4, -0.2) is 62.5 Å². The Morgan fingerprint density at radius 2 is 1.83 bits per heavy atom. The Morgan fingerprint density at radius 1 is 1.14 bits per heavy atom. The molecule has 0 unspecified atom stereocenters. The molecule has 5 rings (SSSR count). The highest BCUT2D eigenvalue weighted by Crippen LogP contribution is 2.40. The number of alkyl halides is 6. The highest BCUT2D eigenvalue weighted by atomic mass is 19.4. The van der Waals surface area contributed by atoms with E-state index in [2.05, 4.69) is 15.4 Å². The Balaban J connectivity index is 1.41. The van der Waals surface area contributed by atoms with Gasteiger partial charge in [0.15, 0.2) is 5.82 Å². The van der Waals surface area contributed by atoms with Crippen molar-refractivity contribution in [1.29, 1.82) is 0 Å². The number of nitrogen functional groups attached to an aromatic ring is 1. The second kappa shape index (κ2) is 10.7. The lowest BCUT2D eigenvalue weighted by molar-refractivity contribution is -0.139. The van der Waals surface area contributed by atoms with Gasteiger partial charge in [-0.3, -0.25) is 9.59 Å². The number of likely N-dealkylation sites (tertiary alicyclic amines) is 1. The minimum atomic E-state index is -4.84. The molecule has 1 saturated carbocycles. The monoisotopic (exact) mass is 600 g/mol. The van der Waals surface area contributed by atoms with Crippen LogP contribution in [0, 0.1) is 11.7 Å². The molecule has 3 heterocycles. The van der Waals surface area contributed by atoms with Crippen LogP contribution in [0.5, 0.6) is 0 Å². The van der Waals surface area contributed by atoms with Crippen LogP contribution in [0.4, 0.5) is 36.6 Å². The van der Waals surface area contributed by atoms with Crippen molar-refractivity contribution in [2.24, 2.45) is 5.92 Å². The topological polar surface area (TPSA) is 106 Å². The molecule has 2 aliphatic rings. The quantitative estimate of drug-likeness (QED) is 0.410. The minimum Gasteiger partial charge on any atom is -0.382 e. The van der Waals surface area contributed by atoms with Gasteiger partial charge in [-0.05, 0) is 37.5 Å². The highest BCUT2D eigenvalue weighted by Gasteiger charge is 2.43. The molecule has 8 nitrogen and oxygen atoms in total. The van der Waals surface area contributed by atoms with Gasteiger partial charge in [0.2, 0.25) is 11.8 Å². The number of nitrogens with zero attached hydrogens (tertiary/aromatic N) is 4. The van der Waals surface area contributed by atoms with Crippen molar-refractivity contribution in [2.75, 3.05) is 18.8 Å². The second-order valence-corrected chi connectivity index (χ2v) is 10.7. The summed E-state index contributed by atoms with van der Waals surface area (Å²) in [5.41, 5.74) is 3.39. The van der Waals surface area contributed by atoms with Crippen molar-refractivity contribution in [3.8, 4) is 11.3 Å². The lowest BCUT2D eigenvalue weighted by Crippen LogP contribution is -2.43. The van der Waals surface area contributed by atoms with E-state index in [1.165, 1.54) is 11.0 Å². The number of halogens is 7. The van der Waals surface area contributed by atoms with Crippen LogP contribution in [0.3, 0.4) is 0 Å².